The molecule has 3 aromatic heterocycles. The van der Waals surface area contributed by atoms with Gasteiger partial charge in [0.05, 0.1) is 16.6 Å². The number of aromatic nitrogens is 3. The van der Waals surface area contributed by atoms with Crippen molar-refractivity contribution in [3.8, 4) is 0 Å². The third-order valence-electron chi connectivity index (χ3n) is 6.22. The van der Waals surface area contributed by atoms with E-state index in [2.05, 4.69) is 9.97 Å². The third kappa shape index (κ3) is 6.10. The van der Waals surface area contributed by atoms with Gasteiger partial charge in [-0.2, -0.15) is 0 Å². The van der Waals surface area contributed by atoms with Crippen molar-refractivity contribution in [3.63, 3.8) is 0 Å². The number of phosphoric acid groups is 1. The lowest BCUT2D eigenvalue weighted by molar-refractivity contribution is -0.246. The van der Waals surface area contributed by atoms with Gasteiger partial charge in [-0.15, -0.1) is 0 Å². The molecule has 1 fully saturated rings. The van der Waals surface area contributed by atoms with Gasteiger partial charge in [-0.05, 0) is 41.8 Å². The molecule has 0 amide bonds. The number of phosphoric ester groups is 1. The monoisotopic (exact) mass is 569 g/mol. The number of pyridine rings is 2. The summed E-state index contributed by atoms with van der Waals surface area (Å²) in [6, 6.07) is 14.9. The van der Waals surface area contributed by atoms with Gasteiger partial charge in [-0.3, -0.25) is 14.5 Å². The van der Waals surface area contributed by atoms with Crippen LogP contribution in [0.5, 0.6) is 0 Å². The van der Waals surface area contributed by atoms with Crippen LogP contribution in [0, 0.1) is 0 Å². The number of para-hydroxylation sites is 1. The summed E-state index contributed by atoms with van der Waals surface area (Å²) in [5.74, 6) is -1.65. The number of nitrogens with zero attached hydrogens (tertiary/aromatic N) is 3. The standard InChI is InChI=1S/C26H24N3O10P/c30-21-20(15-36-25(31)17-6-3-10-27-13-17)37-24(29-12-9-16-5-1-2-8-19(16)29)23(22(21)39-40(33,34)35)38-26(32)18-7-4-11-28-14-18/h1-14,20-24,30H,15H2,(H2,33,34,35)/t20-,21-,22+,23-,24-/m1/s1. The summed E-state index contributed by atoms with van der Waals surface area (Å²) in [5.41, 5.74) is 0.829. The van der Waals surface area contributed by atoms with E-state index in [9.17, 15) is 29.0 Å². The zero-order valence-corrected chi connectivity index (χ0v) is 21.6. The molecule has 0 aliphatic carbocycles. The van der Waals surface area contributed by atoms with Crippen molar-refractivity contribution in [1.82, 2.24) is 14.5 Å². The van der Waals surface area contributed by atoms with Gasteiger partial charge >= 0.3 is 19.8 Å². The highest BCUT2D eigenvalue weighted by Gasteiger charge is 2.52. The van der Waals surface area contributed by atoms with E-state index in [1.165, 1.54) is 43.0 Å². The average molecular weight is 569 g/mol. The van der Waals surface area contributed by atoms with Crippen molar-refractivity contribution in [1.29, 1.82) is 0 Å². The number of esters is 2. The van der Waals surface area contributed by atoms with Gasteiger partial charge in [0, 0.05) is 31.0 Å². The summed E-state index contributed by atoms with van der Waals surface area (Å²) in [6.07, 6.45) is -0.627. The minimum Gasteiger partial charge on any atom is -0.459 e. The Balaban J connectivity index is 1.51. The number of fused-ring (bicyclic) bond motifs is 1. The molecule has 4 heterocycles. The van der Waals surface area contributed by atoms with Crippen LogP contribution in [0.15, 0.2) is 85.6 Å². The molecular weight excluding hydrogens is 545 g/mol. The Labute approximate surface area is 227 Å². The largest absolute Gasteiger partial charge is 0.470 e. The lowest BCUT2D eigenvalue weighted by Crippen LogP contribution is -2.58. The number of ether oxygens (including phenoxy) is 3. The molecule has 3 N–H and O–H groups in total. The molecule has 0 saturated carbocycles. The zero-order valence-electron chi connectivity index (χ0n) is 20.7. The average Bonchev–Trinajstić information content (AvgIpc) is 3.39. The molecule has 5 rings (SSSR count). The van der Waals surface area contributed by atoms with Gasteiger partial charge in [-0.1, -0.05) is 18.2 Å². The molecule has 0 bridgehead atoms. The van der Waals surface area contributed by atoms with Crippen LogP contribution in [-0.4, -0.2) is 72.4 Å². The Morgan fingerprint density at radius 1 is 0.925 bits per heavy atom. The summed E-state index contributed by atoms with van der Waals surface area (Å²) < 4.78 is 35.6. The molecule has 1 aliphatic heterocycles. The van der Waals surface area contributed by atoms with Gasteiger partial charge in [0.2, 0.25) is 0 Å². The van der Waals surface area contributed by atoms with Crippen molar-refractivity contribution < 1.29 is 47.8 Å². The van der Waals surface area contributed by atoms with Crippen LogP contribution in [-0.2, 0) is 23.3 Å². The number of carbonyl (C=O) groups excluding carboxylic acids is 2. The number of aliphatic hydroxyl groups excluding tert-OH is 1. The molecular formula is C26H24N3O10P. The molecule has 14 heteroatoms. The fourth-order valence-electron chi connectivity index (χ4n) is 4.40. The summed E-state index contributed by atoms with van der Waals surface area (Å²) in [6.45, 7) is -0.519. The second kappa shape index (κ2) is 11.6. The Kier molecular flexibility index (Phi) is 8.03. The first-order valence-corrected chi connectivity index (χ1v) is 13.6. The minimum atomic E-state index is -5.23. The number of aliphatic hydroxyl groups is 1. The van der Waals surface area contributed by atoms with Gasteiger partial charge in [0.1, 0.15) is 24.9 Å². The third-order valence-corrected chi connectivity index (χ3v) is 6.73. The quantitative estimate of drug-likeness (QED) is 0.208. The minimum absolute atomic E-state index is 0.0514. The van der Waals surface area contributed by atoms with Crippen LogP contribution >= 0.6 is 7.82 Å². The SMILES string of the molecule is O=C(OC[C@H]1O[C@@H](n2ccc3ccccc32)[C@H](OC(=O)c2cccnc2)[C@@H](OP(=O)(O)O)[C@@H]1O)c1cccnc1. The maximum absolute atomic E-state index is 13.0. The first kappa shape index (κ1) is 27.6. The van der Waals surface area contributed by atoms with Gasteiger partial charge in [-0.25, -0.2) is 14.2 Å². The van der Waals surface area contributed by atoms with Crippen molar-refractivity contribution in [2.75, 3.05) is 6.61 Å². The predicted molar refractivity (Wildman–Crippen MR) is 137 cm³/mol. The first-order chi connectivity index (χ1) is 19.2. The summed E-state index contributed by atoms with van der Waals surface area (Å²) in [7, 11) is -5.23. The van der Waals surface area contributed by atoms with Gasteiger partial charge < -0.3 is 33.7 Å². The van der Waals surface area contributed by atoms with E-state index in [0.717, 1.165) is 5.39 Å². The molecule has 1 saturated heterocycles. The van der Waals surface area contributed by atoms with Crippen LogP contribution in [0.3, 0.4) is 0 Å². The highest BCUT2D eigenvalue weighted by Crippen LogP contribution is 2.44. The fraction of sp³-hybridized carbons (Fsp3) is 0.231. The van der Waals surface area contributed by atoms with E-state index in [0.29, 0.717) is 5.52 Å². The molecule has 5 atom stereocenters. The predicted octanol–water partition coefficient (Wildman–Crippen LogP) is 2.25. The van der Waals surface area contributed by atoms with Crippen molar-refractivity contribution in [3.05, 3.63) is 96.7 Å². The smallest absolute Gasteiger partial charge is 0.459 e. The molecule has 0 spiro atoms. The van der Waals surface area contributed by atoms with E-state index < -0.39 is 57.0 Å². The number of hydrogen-bond donors (Lipinski definition) is 3. The Morgan fingerprint density at radius 3 is 2.25 bits per heavy atom. The highest BCUT2D eigenvalue weighted by atomic mass is 31.2. The lowest BCUT2D eigenvalue weighted by atomic mass is 9.97. The second-order valence-electron chi connectivity index (χ2n) is 8.85. The molecule has 1 aromatic carbocycles. The molecule has 1 aliphatic rings. The summed E-state index contributed by atoms with van der Waals surface area (Å²) in [5, 5.41) is 11.9. The fourth-order valence-corrected chi connectivity index (χ4v) is 4.96. The van der Waals surface area contributed by atoms with E-state index in [1.807, 2.05) is 12.1 Å². The molecule has 208 valence electrons. The van der Waals surface area contributed by atoms with Crippen molar-refractivity contribution >= 4 is 30.7 Å². The number of benzene rings is 1. The maximum Gasteiger partial charge on any atom is 0.470 e. The molecule has 0 radical (unpaired) electrons. The highest BCUT2D eigenvalue weighted by molar-refractivity contribution is 7.46. The Bertz CT molecular complexity index is 1530. The Hall–Kier alpha value is -3.97. The second-order valence-corrected chi connectivity index (χ2v) is 10.0. The van der Waals surface area contributed by atoms with Gasteiger partial charge in [0.25, 0.3) is 0 Å². The lowest BCUT2D eigenvalue weighted by Gasteiger charge is -2.44. The van der Waals surface area contributed by atoms with Crippen LogP contribution in [0.25, 0.3) is 10.9 Å². The Morgan fingerprint density at radius 2 is 1.60 bits per heavy atom. The van der Waals surface area contributed by atoms with Gasteiger partial charge in [0.15, 0.2) is 12.3 Å². The van der Waals surface area contributed by atoms with Crippen molar-refractivity contribution in [2.24, 2.45) is 0 Å². The number of carbonyl (C=O) groups is 2. The zero-order chi connectivity index (χ0) is 28.3. The number of hydrogen-bond acceptors (Lipinski definition) is 10. The summed E-state index contributed by atoms with van der Waals surface area (Å²) in [4.78, 5) is 52.7. The van der Waals surface area contributed by atoms with Crippen molar-refractivity contribution in [2.45, 2.75) is 30.6 Å². The number of rotatable bonds is 8. The maximum atomic E-state index is 13.0. The van der Waals surface area contributed by atoms with E-state index >= 15 is 0 Å². The topological polar surface area (TPSA) is 180 Å². The van der Waals surface area contributed by atoms with Crippen LogP contribution in [0.1, 0.15) is 26.9 Å². The van der Waals surface area contributed by atoms with Crippen LogP contribution in [0.4, 0.5) is 0 Å². The normalized spacial score (nSPS) is 23.0. The van der Waals surface area contributed by atoms with E-state index in [4.69, 9.17) is 18.7 Å². The first-order valence-electron chi connectivity index (χ1n) is 12.0. The van der Waals surface area contributed by atoms with E-state index in [-0.39, 0.29) is 11.1 Å². The van der Waals surface area contributed by atoms with Crippen LogP contribution in [0.2, 0.25) is 0 Å². The molecule has 40 heavy (non-hydrogen) atoms. The molecule has 0 unspecified atom stereocenters. The molecule has 4 aromatic rings. The van der Waals surface area contributed by atoms with E-state index in [1.54, 1.807) is 35.0 Å². The molecule has 13 nitrogen and oxygen atoms in total. The van der Waals surface area contributed by atoms with Crippen LogP contribution < -0.4 is 0 Å². The summed E-state index contributed by atoms with van der Waals surface area (Å²) >= 11 is 0.